The molecule has 0 unspecified atom stereocenters. The highest BCUT2D eigenvalue weighted by Gasteiger charge is 2.17. The Labute approximate surface area is 108 Å². The Morgan fingerprint density at radius 2 is 2.22 bits per heavy atom. The van der Waals surface area contributed by atoms with Crippen LogP contribution in [0.25, 0.3) is 0 Å². The highest BCUT2D eigenvalue weighted by molar-refractivity contribution is 5.73. The number of amides is 1. The third-order valence-corrected chi connectivity index (χ3v) is 3.31. The molecule has 18 heavy (non-hydrogen) atoms. The third kappa shape index (κ3) is 2.98. The van der Waals surface area contributed by atoms with E-state index >= 15 is 0 Å². The van der Waals surface area contributed by atoms with Gasteiger partial charge in [-0.05, 0) is 24.1 Å². The summed E-state index contributed by atoms with van der Waals surface area (Å²) >= 11 is 0. The Balaban J connectivity index is 2.07. The Kier molecular flexibility index (Phi) is 4.15. The summed E-state index contributed by atoms with van der Waals surface area (Å²) < 4.78 is 0. The van der Waals surface area contributed by atoms with Gasteiger partial charge in [-0.2, -0.15) is 0 Å². The quantitative estimate of drug-likeness (QED) is 0.832. The Bertz CT molecular complexity index is 421. The normalized spacial score (nSPS) is 16.6. The van der Waals surface area contributed by atoms with Crippen LogP contribution in [0.1, 0.15) is 18.9 Å². The SMILES string of the molecule is CC(=O)N1CCCN(c2cc(CN)ccn2)CC1. The van der Waals surface area contributed by atoms with Crippen molar-refractivity contribution in [1.82, 2.24) is 9.88 Å². The van der Waals surface area contributed by atoms with Crippen LogP contribution in [0.4, 0.5) is 5.82 Å². The maximum atomic E-state index is 11.4. The van der Waals surface area contributed by atoms with Gasteiger partial charge in [0.1, 0.15) is 5.82 Å². The van der Waals surface area contributed by atoms with E-state index in [1.165, 1.54) is 0 Å². The van der Waals surface area contributed by atoms with Crippen molar-refractivity contribution in [1.29, 1.82) is 0 Å². The molecule has 2 N–H and O–H groups in total. The topological polar surface area (TPSA) is 62.5 Å². The summed E-state index contributed by atoms with van der Waals surface area (Å²) in [6.07, 6.45) is 2.78. The summed E-state index contributed by atoms with van der Waals surface area (Å²) in [4.78, 5) is 19.9. The van der Waals surface area contributed by atoms with Gasteiger partial charge >= 0.3 is 0 Å². The molecule has 2 rings (SSSR count). The molecule has 1 fully saturated rings. The van der Waals surface area contributed by atoms with Gasteiger partial charge in [0.25, 0.3) is 0 Å². The average molecular weight is 248 g/mol. The van der Waals surface area contributed by atoms with Crippen LogP contribution in [0.3, 0.4) is 0 Å². The fourth-order valence-electron chi connectivity index (χ4n) is 2.22. The molecular weight excluding hydrogens is 228 g/mol. The number of carbonyl (C=O) groups is 1. The molecule has 0 saturated carbocycles. The van der Waals surface area contributed by atoms with Gasteiger partial charge in [-0.25, -0.2) is 4.98 Å². The van der Waals surface area contributed by atoms with E-state index in [0.29, 0.717) is 6.54 Å². The van der Waals surface area contributed by atoms with Crippen molar-refractivity contribution >= 4 is 11.7 Å². The van der Waals surface area contributed by atoms with Crippen LogP contribution in [0.5, 0.6) is 0 Å². The molecule has 98 valence electrons. The Morgan fingerprint density at radius 1 is 1.39 bits per heavy atom. The zero-order chi connectivity index (χ0) is 13.0. The van der Waals surface area contributed by atoms with Gasteiger partial charge in [-0.3, -0.25) is 4.79 Å². The largest absolute Gasteiger partial charge is 0.355 e. The molecule has 0 atom stereocenters. The van der Waals surface area contributed by atoms with Crippen LogP contribution in [0.15, 0.2) is 18.3 Å². The minimum atomic E-state index is 0.153. The molecule has 5 nitrogen and oxygen atoms in total. The highest BCUT2D eigenvalue weighted by atomic mass is 16.2. The van der Waals surface area contributed by atoms with E-state index in [0.717, 1.165) is 44.0 Å². The number of nitrogens with zero attached hydrogens (tertiary/aromatic N) is 3. The van der Waals surface area contributed by atoms with Crippen molar-refractivity contribution in [3.05, 3.63) is 23.9 Å². The summed E-state index contributed by atoms with van der Waals surface area (Å²) in [5.41, 5.74) is 6.73. The van der Waals surface area contributed by atoms with Crippen molar-refractivity contribution in [3.8, 4) is 0 Å². The maximum Gasteiger partial charge on any atom is 0.219 e. The van der Waals surface area contributed by atoms with Gasteiger partial charge in [-0.1, -0.05) is 0 Å². The van der Waals surface area contributed by atoms with E-state index in [1.807, 2.05) is 17.0 Å². The monoisotopic (exact) mass is 248 g/mol. The van der Waals surface area contributed by atoms with E-state index in [9.17, 15) is 4.79 Å². The van der Waals surface area contributed by atoms with Gasteiger partial charge in [0.2, 0.25) is 5.91 Å². The Morgan fingerprint density at radius 3 is 2.94 bits per heavy atom. The smallest absolute Gasteiger partial charge is 0.219 e. The molecule has 2 heterocycles. The van der Waals surface area contributed by atoms with Crippen LogP contribution in [0.2, 0.25) is 0 Å². The minimum absolute atomic E-state index is 0.153. The molecular formula is C13H20N4O. The lowest BCUT2D eigenvalue weighted by molar-refractivity contribution is -0.128. The summed E-state index contributed by atoms with van der Waals surface area (Å²) in [6.45, 7) is 5.53. The summed E-state index contributed by atoms with van der Waals surface area (Å²) in [7, 11) is 0. The molecule has 0 aromatic carbocycles. The van der Waals surface area contributed by atoms with Crippen molar-refractivity contribution in [2.75, 3.05) is 31.1 Å². The van der Waals surface area contributed by atoms with E-state index in [4.69, 9.17) is 5.73 Å². The third-order valence-electron chi connectivity index (χ3n) is 3.31. The van der Waals surface area contributed by atoms with E-state index in [2.05, 4.69) is 9.88 Å². The number of aromatic nitrogens is 1. The van der Waals surface area contributed by atoms with E-state index < -0.39 is 0 Å². The van der Waals surface area contributed by atoms with Crippen LogP contribution in [-0.2, 0) is 11.3 Å². The fourth-order valence-corrected chi connectivity index (χ4v) is 2.22. The van der Waals surface area contributed by atoms with Gasteiger partial charge in [0.05, 0.1) is 0 Å². The number of hydrogen-bond acceptors (Lipinski definition) is 4. The first-order valence-corrected chi connectivity index (χ1v) is 6.36. The number of carbonyl (C=O) groups excluding carboxylic acids is 1. The first-order chi connectivity index (χ1) is 8.70. The standard InChI is InChI=1S/C13H20N4O/c1-11(18)16-5-2-6-17(8-7-16)13-9-12(10-14)3-4-15-13/h3-4,9H,2,5-8,10,14H2,1H3. The van der Waals surface area contributed by atoms with Crippen LogP contribution < -0.4 is 10.6 Å². The molecule has 0 bridgehead atoms. The lowest BCUT2D eigenvalue weighted by Gasteiger charge is -2.22. The van der Waals surface area contributed by atoms with Gasteiger partial charge in [-0.15, -0.1) is 0 Å². The second-order valence-electron chi connectivity index (χ2n) is 4.57. The van der Waals surface area contributed by atoms with E-state index in [-0.39, 0.29) is 5.91 Å². The number of hydrogen-bond donors (Lipinski definition) is 1. The van der Waals surface area contributed by atoms with Gasteiger partial charge in [0, 0.05) is 45.8 Å². The molecule has 1 aromatic heterocycles. The van der Waals surface area contributed by atoms with Crippen molar-refractivity contribution in [2.24, 2.45) is 5.73 Å². The lowest BCUT2D eigenvalue weighted by Crippen LogP contribution is -2.33. The molecule has 1 aliphatic heterocycles. The van der Waals surface area contributed by atoms with Crippen LogP contribution in [-0.4, -0.2) is 42.0 Å². The lowest BCUT2D eigenvalue weighted by atomic mass is 10.2. The zero-order valence-electron chi connectivity index (χ0n) is 10.8. The first-order valence-electron chi connectivity index (χ1n) is 6.36. The van der Waals surface area contributed by atoms with E-state index in [1.54, 1.807) is 13.1 Å². The van der Waals surface area contributed by atoms with Gasteiger partial charge < -0.3 is 15.5 Å². The molecule has 0 spiro atoms. The maximum absolute atomic E-state index is 11.4. The van der Waals surface area contributed by atoms with Crippen molar-refractivity contribution < 1.29 is 4.79 Å². The van der Waals surface area contributed by atoms with Crippen molar-refractivity contribution in [2.45, 2.75) is 19.9 Å². The van der Waals surface area contributed by atoms with Crippen LogP contribution in [0, 0.1) is 0 Å². The zero-order valence-corrected chi connectivity index (χ0v) is 10.8. The van der Waals surface area contributed by atoms with Gasteiger partial charge in [0.15, 0.2) is 0 Å². The average Bonchev–Trinajstić information content (AvgIpc) is 2.64. The molecule has 5 heteroatoms. The second kappa shape index (κ2) is 5.82. The van der Waals surface area contributed by atoms with Crippen LogP contribution >= 0.6 is 0 Å². The summed E-state index contributed by atoms with van der Waals surface area (Å²) in [5.74, 6) is 1.11. The molecule has 1 aromatic rings. The molecule has 0 radical (unpaired) electrons. The molecule has 1 amide bonds. The number of anilines is 1. The van der Waals surface area contributed by atoms with Crippen molar-refractivity contribution in [3.63, 3.8) is 0 Å². The minimum Gasteiger partial charge on any atom is -0.355 e. The number of rotatable bonds is 2. The number of nitrogens with two attached hydrogens (primary N) is 1. The first kappa shape index (κ1) is 12.8. The fraction of sp³-hybridized carbons (Fsp3) is 0.538. The summed E-state index contributed by atoms with van der Waals surface area (Å²) in [5, 5.41) is 0. The predicted molar refractivity (Wildman–Crippen MR) is 71.2 cm³/mol. The predicted octanol–water partition coefficient (Wildman–Crippen LogP) is 0.599. The Hall–Kier alpha value is -1.62. The molecule has 1 aliphatic rings. The highest BCUT2D eigenvalue weighted by Crippen LogP contribution is 2.15. The summed E-state index contributed by atoms with van der Waals surface area (Å²) in [6, 6.07) is 3.96. The number of pyridine rings is 1. The second-order valence-corrected chi connectivity index (χ2v) is 4.57. The molecule has 1 saturated heterocycles. The molecule has 0 aliphatic carbocycles.